The van der Waals surface area contributed by atoms with E-state index in [0.29, 0.717) is 36.2 Å². The van der Waals surface area contributed by atoms with E-state index in [1.807, 2.05) is 48.5 Å². The van der Waals surface area contributed by atoms with E-state index in [4.69, 9.17) is 18.5 Å². The number of amidine groups is 1. The first-order valence-electron chi connectivity index (χ1n) is 13.3. The van der Waals surface area contributed by atoms with Crippen molar-refractivity contribution in [2.75, 3.05) is 7.11 Å². The van der Waals surface area contributed by atoms with Gasteiger partial charge in [0.05, 0.1) is 13.2 Å². The van der Waals surface area contributed by atoms with Gasteiger partial charge in [0.25, 0.3) is 0 Å². The molecule has 0 saturated heterocycles. The predicted molar refractivity (Wildman–Crippen MR) is 153 cm³/mol. The van der Waals surface area contributed by atoms with Crippen LogP contribution in [-0.2, 0) is 17.5 Å². The molecule has 0 amide bonds. The molecule has 6 rings (SSSR count). The lowest BCUT2D eigenvalue weighted by Gasteiger charge is -2.40. The molecule has 1 fully saturated rings. The maximum absolute atomic E-state index is 14.4. The summed E-state index contributed by atoms with van der Waals surface area (Å²) in [5, 5.41) is 0. The Kier molecular flexibility index (Phi) is 7.12. The Morgan fingerprint density at radius 3 is 1.95 bits per heavy atom. The van der Waals surface area contributed by atoms with Gasteiger partial charge >= 0.3 is 7.75 Å². The molecule has 1 aliphatic heterocycles. The topological polar surface area (TPSA) is 60.4 Å². The van der Waals surface area contributed by atoms with Crippen LogP contribution in [0.4, 0.5) is 0 Å². The second kappa shape index (κ2) is 11.0. The summed E-state index contributed by atoms with van der Waals surface area (Å²) in [4.78, 5) is 2.30. The summed E-state index contributed by atoms with van der Waals surface area (Å²) in [5.41, 5.74) is 3.64. The first kappa shape index (κ1) is 25.3. The number of nitrogens with zero attached hydrogens (tertiary/aromatic N) is 2. The van der Waals surface area contributed by atoms with Gasteiger partial charge in [0.2, 0.25) is 0 Å². The van der Waals surface area contributed by atoms with Crippen molar-refractivity contribution in [2.24, 2.45) is 10.7 Å². The molecule has 4 aromatic rings. The molecule has 6 nitrogen and oxygen atoms in total. The van der Waals surface area contributed by atoms with Crippen LogP contribution in [0.3, 0.4) is 0 Å². The molecule has 7 heteroatoms. The van der Waals surface area contributed by atoms with Gasteiger partial charge in [-0.25, -0.2) is 4.57 Å². The molecule has 1 aliphatic carbocycles. The summed E-state index contributed by atoms with van der Waals surface area (Å²) in [6.45, 7) is 0.620. The van der Waals surface area contributed by atoms with Crippen LogP contribution in [0.5, 0.6) is 17.2 Å². The van der Waals surface area contributed by atoms with E-state index in [1.54, 1.807) is 31.4 Å². The average molecular weight is 539 g/mol. The van der Waals surface area contributed by atoms with E-state index in [2.05, 4.69) is 41.3 Å². The zero-order chi connectivity index (χ0) is 26.7. The molecule has 0 N–H and O–H groups in total. The first-order chi connectivity index (χ1) is 19.1. The maximum atomic E-state index is 14.4. The number of methoxy groups -OCH3 is 1. The maximum Gasteiger partial charge on any atom is 0.564 e. The second-order valence-corrected chi connectivity index (χ2v) is 11.4. The fourth-order valence-electron chi connectivity index (χ4n) is 5.14. The predicted octanol–water partition coefficient (Wildman–Crippen LogP) is 7.87. The van der Waals surface area contributed by atoms with Gasteiger partial charge in [-0.2, -0.15) is 0 Å². The van der Waals surface area contributed by atoms with Crippen molar-refractivity contribution < 1.29 is 18.3 Å². The molecule has 2 aliphatic rings. The van der Waals surface area contributed by atoms with Gasteiger partial charge in [0.15, 0.2) is 0 Å². The third-order valence-corrected chi connectivity index (χ3v) is 8.49. The second-order valence-electron chi connectivity index (χ2n) is 9.93. The molecule has 198 valence electrons. The van der Waals surface area contributed by atoms with Crippen molar-refractivity contribution >= 4 is 13.6 Å². The van der Waals surface area contributed by atoms with Gasteiger partial charge in [-0.1, -0.05) is 72.8 Å². The Bertz CT molecular complexity index is 1440. The third-order valence-electron chi connectivity index (χ3n) is 7.14. The highest BCUT2D eigenvalue weighted by molar-refractivity contribution is 7.53. The largest absolute Gasteiger partial charge is 0.564 e. The first-order valence-corrected chi connectivity index (χ1v) is 14.8. The quantitative estimate of drug-likeness (QED) is 0.203. The van der Waals surface area contributed by atoms with Crippen LogP contribution in [0.25, 0.3) is 0 Å². The lowest BCUT2D eigenvalue weighted by Crippen LogP contribution is -2.41. The Hall–Kier alpha value is -4.02. The van der Waals surface area contributed by atoms with E-state index in [9.17, 15) is 4.57 Å². The highest BCUT2D eigenvalue weighted by atomic mass is 31.2. The molecule has 1 heterocycles. The van der Waals surface area contributed by atoms with Crippen molar-refractivity contribution in [1.82, 2.24) is 4.90 Å². The summed E-state index contributed by atoms with van der Waals surface area (Å²) in [5.74, 6) is 2.92. The van der Waals surface area contributed by atoms with Crippen molar-refractivity contribution in [3.05, 3.63) is 126 Å². The summed E-state index contributed by atoms with van der Waals surface area (Å²) >= 11 is 0. The fourth-order valence-corrected chi connectivity index (χ4v) is 6.51. The molecule has 0 bridgehead atoms. The summed E-state index contributed by atoms with van der Waals surface area (Å²) < 4.78 is 36.7. The molecule has 39 heavy (non-hydrogen) atoms. The lowest BCUT2D eigenvalue weighted by atomic mass is 9.88. The summed E-state index contributed by atoms with van der Waals surface area (Å²) in [6, 6.07) is 34.9. The van der Waals surface area contributed by atoms with E-state index >= 15 is 0 Å². The van der Waals surface area contributed by atoms with Crippen molar-refractivity contribution in [3.63, 3.8) is 0 Å². The number of para-hydroxylation sites is 2. The van der Waals surface area contributed by atoms with E-state index in [-0.39, 0.29) is 6.04 Å². The normalized spacial score (nSPS) is 17.9. The van der Waals surface area contributed by atoms with Crippen LogP contribution in [0.1, 0.15) is 35.6 Å². The lowest BCUT2D eigenvalue weighted by molar-refractivity contribution is 0.264. The van der Waals surface area contributed by atoms with Gasteiger partial charge in [0.1, 0.15) is 23.1 Å². The Morgan fingerprint density at radius 2 is 1.36 bits per heavy atom. The van der Waals surface area contributed by atoms with Crippen LogP contribution in [0, 0.1) is 5.92 Å². The van der Waals surface area contributed by atoms with Crippen LogP contribution in [0.2, 0.25) is 0 Å². The smallest absolute Gasteiger partial charge is 0.497 e. The van der Waals surface area contributed by atoms with Gasteiger partial charge in [-0.05, 0) is 71.8 Å². The molecule has 1 saturated carbocycles. The number of hydrogen-bond acceptors (Lipinski definition) is 4. The molecular weight excluding hydrogens is 507 g/mol. The molecule has 0 radical (unpaired) electrons. The Morgan fingerprint density at radius 1 is 0.769 bits per heavy atom. The minimum Gasteiger partial charge on any atom is -0.497 e. The number of hydrogen-bond donors (Lipinski definition) is 0. The van der Waals surface area contributed by atoms with Crippen molar-refractivity contribution in [1.29, 1.82) is 0 Å². The Balaban J connectivity index is 1.44. The molecule has 0 spiro atoms. The highest BCUT2D eigenvalue weighted by Crippen LogP contribution is 2.53. The molecular formula is C32H31N2O4P. The zero-order valence-corrected chi connectivity index (χ0v) is 22.7. The van der Waals surface area contributed by atoms with Crippen LogP contribution >= 0.6 is 7.75 Å². The standard InChI is InChI=1S/C32H31N2O4P/c1-36-27-20-16-24(17-21-27)23-34-31(22-26-10-8-9-15-30(26)32(34)25-18-19-25)33-39(35,37-28-11-4-2-5-12-28)38-29-13-6-3-7-14-29/h2-17,20-21,25,32H,18-19,22-23H2,1H3/b33-31-. The van der Waals surface area contributed by atoms with Crippen molar-refractivity contribution in [3.8, 4) is 17.2 Å². The molecule has 1 atom stereocenters. The van der Waals surface area contributed by atoms with E-state index in [1.165, 1.54) is 11.1 Å². The van der Waals surface area contributed by atoms with Crippen LogP contribution in [-0.4, -0.2) is 17.8 Å². The number of rotatable bonds is 9. The van der Waals surface area contributed by atoms with E-state index < -0.39 is 7.75 Å². The van der Waals surface area contributed by atoms with Gasteiger partial charge in [-0.15, -0.1) is 4.76 Å². The van der Waals surface area contributed by atoms with Crippen molar-refractivity contribution in [2.45, 2.75) is 31.8 Å². The summed E-state index contributed by atoms with van der Waals surface area (Å²) in [7, 11) is -2.34. The third kappa shape index (κ3) is 5.86. The number of fused-ring (bicyclic) bond motifs is 1. The minimum atomic E-state index is -4.01. The summed E-state index contributed by atoms with van der Waals surface area (Å²) in [6.07, 6.45) is 2.85. The number of ether oxygens (including phenoxy) is 1. The highest BCUT2D eigenvalue weighted by Gasteiger charge is 2.43. The Labute approximate surface area is 229 Å². The minimum absolute atomic E-state index is 0.137. The fraction of sp³-hybridized carbons (Fsp3) is 0.219. The van der Waals surface area contributed by atoms with Gasteiger partial charge in [-0.3, -0.25) is 0 Å². The zero-order valence-electron chi connectivity index (χ0n) is 21.9. The van der Waals surface area contributed by atoms with Gasteiger partial charge in [0, 0.05) is 13.0 Å². The van der Waals surface area contributed by atoms with Crippen LogP contribution < -0.4 is 13.8 Å². The monoisotopic (exact) mass is 538 g/mol. The van der Waals surface area contributed by atoms with Gasteiger partial charge < -0.3 is 18.7 Å². The average Bonchev–Trinajstić information content (AvgIpc) is 3.80. The van der Waals surface area contributed by atoms with E-state index in [0.717, 1.165) is 24.2 Å². The van der Waals surface area contributed by atoms with Crippen LogP contribution in [0.15, 0.2) is 114 Å². The SMILES string of the molecule is COc1ccc(CN2/C(=N\P(=O)(Oc3ccccc3)Oc3ccccc3)Cc3ccccc3C2C2CC2)cc1. The molecule has 0 aromatic heterocycles. The molecule has 1 unspecified atom stereocenters. The number of benzene rings is 4. The molecule has 4 aromatic carbocycles.